The molecule has 28 heavy (non-hydrogen) atoms. The van der Waals surface area contributed by atoms with E-state index in [-0.39, 0.29) is 36.3 Å². The van der Waals surface area contributed by atoms with Crippen LogP contribution in [0, 0.1) is 0 Å². The number of benzene rings is 2. The fourth-order valence-corrected chi connectivity index (χ4v) is 4.80. The lowest BCUT2D eigenvalue weighted by molar-refractivity contribution is -0.00379. The fourth-order valence-electron chi connectivity index (χ4n) is 4.80. The zero-order chi connectivity index (χ0) is 18.1. The lowest BCUT2D eigenvalue weighted by Gasteiger charge is -2.50. The Morgan fingerprint density at radius 3 is 2.64 bits per heavy atom. The number of phenols is 1. The molecule has 0 aromatic heterocycles. The molecule has 2 aliphatic rings. The van der Waals surface area contributed by atoms with Crippen molar-refractivity contribution in [3.8, 4) is 5.75 Å². The zero-order valence-corrected chi connectivity index (χ0v) is 18.3. The Morgan fingerprint density at radius 2 is 1.89 bits per heavy atom. The normalized spacial score (nSPS) is 24.4. The standard InChI is InChI=1S/C23H29NO2.2ClH/c1-17(26-16-18-7-4-3-5-8-18)15-24-12-11-23(2)14-19(24)13-20-21(23)9-6-10-22(20)25;;/h3-10,17,19,25H,11-16H2,1-2H3;2*1H. The first-order valence-corrected chi connectivity index (χ1v) is 9.76. The van der Waals surface area contributed by atoms with E-state index in [1.807, 2.05) is 18.2 Å². The van der Waals surface area contributed by atoms with Crippen molar-refractivity contribution in [1.29, 1.82) is 0 Å². The smallest absolute Gasteiger partial charge is 0.119 e. The molecule has 2 aromatic rings. The zero-order valence-electron chi connectivity index (χ0n) is 16.6. The Hall–Kier alpha value is -1.26. The van der Waals surface area contributed by atoms with Gasteiger partial charge in [0.1, 0.15) is 5.75 Å². The number of halogens is 2. The molecule has 0 saturated carbocycles. The monoisotopic (exact) mass is 423 g/mol. The highest BCUT2D eigenvalue weighted by atomic mass is 35.5. The fraction of sp³-hybridized carbons (Fsp3) is 0.478. The molecule has 5 heteroatoms. The number of phenolic OH excluding ortho intramolecular Hbond substituents is 1. The van der Waals surface area contributed by atoms with Gasteiger partial charge in [-0.25, -0.2) is 0 Å². The molecule has 0 radical (unpaired) electrons. The molecule has 1 aliphatic heterocycles. The van der Waals surface area contributed by atoms with Crippen molar-refractivity contribution in [3.05, 3.63) is 65.2 Å². The van der Waals surface area contributed by atoms with Gasteiger partial charge in [-0.2, -0.15) is 0 Å². The minimum absolute atomic E-state index is 0. The van der Waals surface area contributed by atoms with Gasteiger partial charge in [0.05, 0.1) is 12.7 Å². The number of likely N-dealkylation sites (tertiary alicyclic amines) is 1. The van der Waals surface area contributed by atoms with E-state index in [4.69, 9.17) is 4.74 Å². The van der Waals surface area contributed by atoms with Gasteiger partial charge in [-0.1, -0.05) is 49.4 Å². The van der Waals surface area contributed by atoms with Crippen LogP contribution in [0.15, 0.2) is 48.5 Å². The minimum atomic E-state index is 0. The summed E-state index contributed by atoms with van der Waals surface area (Å²) in [6, 6.07) is 16.9. The van der Waals surface area contributed by atoms with E-state index in [0.717, 1.165) is 31.5 Å². The molecule has 3 nitrogen and oxygen atoms in total. The maximum atomic E-state index is 10.4. The van der Waals surface area contributed by atoms with Crippen molar-refractivity contribution in [2.45, 2.75) is 57.3 Å². The number of hydrogen-bond acceptors (Lipinski definition) is 3. The van der Waals surface area contributed by atoms with Crippen LogP contribution in [0.1, 0.15) is 43.4 Å². The van der Waals surface area contributed by atoms with Crippen molar-refractivity contribution in [1.82, 2.24) is 4.90 Å². The summed E-state index contributed by atoms with van der Waals surface area (Å²) in [5, 5.41) is 10.4. The quantitative estimate of drug-likeness (QED) is 0.723. The lowest BCUT2D eigenvalue weighted by Crippen LogP contribution is -2.53. The summed E-state index contributed by atoms with van der Waals surface area (Å²) in [4.78, 5) is 2.58. The van der Waals surface area contributed by atoms with Crippen LogP contribution in [0.4, 0.5) is 0 Å². The number of fused-ring (bicyclic) bond motifs is 4. The predicted octanol–water partition coefficient (Wildman–Crippen LogP) is 5.12. The number of hydrogen-bond donors (Lipinski definition) is 1. The third-order valence-electron chi connectivity index (χ3n) is 6.26. The van der Waals surface area contributed by atoms with E-state index in [1.54, 1.807) is 0 Å². The molecule has 1 N–H and O–H groups in total. The van der Waals surface area contributed by atoms with Crippen LogP contribution in [0.2, 0.25) is 0 Å². The van der Waals surface area contributed by atoms with Gasteiger partial charge in [0.15, 0.2) is 0 Å². The van der Waals surface area contributed by atoms with Gasteiger partial charge in [-0.3, -0.25) is 4.90 Å². The molecule has 154 valence electrons. The second kappa shape index (κ2) is 9.49. The second-order valence-electron chi connectivity index (χ2n) is 8.28. The molecule has 3 atom stereocenters. The van der Waals surface area contributed by atoms with Crippen molar-refractivity contribution in [2.75, 3.05) is 13.1 Å². The Labute approximate surface area is 180 Å². The Morgan fingerprint density at radius 1 is 1.14 bits per heavy atom. The van der Waals surface area contributed by atoms with Crippen LogP contribution in [0.25, 0.3) is 0 Å². The maximum absolute atomic E-state index is 10.4. The molecular formula is C23H31Cl2NO2. The van der Waals surface area contributed by atoms with Gasteiger partial charge >= 0.3 is 0 Å². The molecule has 3 unspecified atom stereocenters. The predicted molar refractivity (Wildman–Crippen MR) is 119 cm³/mol. The van der Waals surface area contributed by atoms with E-state index in [0.29, 0.717) is 18.4 Å². The average molecular weight is 424 g/mol. The minimum Gasteiger partial charge on any atom is -0.508 e. The highest BCUT2D eigenvalue weighted by Crippen LogP contribution is 2.46. The molecule has 4 rings (SSSR count). The van der Waals surface area contributed by atoms with Crippen LogP contribution < -0.4 is 0 Å². The summed E-state index contributed by atoms with van der Waals surface area (Å²) in [6.07, 6.45) is 3.47. The van der Waals surface area contributed by atoms with Gasteiger partial charge in [-0.05, 0) is 60.9 Å². The largest absolute Gasteiger partial charge is 0.508 e. The Bertz CT molecular complexity index is 770. The van der Waals surface area contributed by atoms with Crippen LogP contribution >= 0.6 is 24.8 Å². The van der Waals surface area contributed by atoms with E-state index < -0.39 is 0 Å². The second-order valence-corrected chi connectivity index (χ2v) is 8.28. The van der Waals surface area contributed by atoms with Crippen molar-refractivity contribution < 1.29 is 9.84 Å². The van der Waals surface area contributed by atoms with E-state index >= 15 is 0 Å². The summed E-state index contributed by atoms with van der Waals surface area (Å²) >= 11 is 0. The molecule has 2 aromatic carbocycles. The summed E-state index contributed by atoms with van der Waals surface area (Å²) in [7, 11) is 0. The van der Waals surface area contributed by atoms with Crippen LogP contribution in [-0.4, -0.2) is 35.2 Å². The first-order valence-electron chi connectivity index (χ1n) is 9.76. The number of piperidine rings is 1. The molecular weight excluding hydrogens is 393 g/mol. The van der Waals surface area contributed by atoms with Crippen LogP contribution in [-0.2, 0) is 23.2 Å². The van der Waals surface area contributed by atoms with Crippen molar-refractivity contribution in [2.24, 2.45) is 0 Å². The van der Waals surface area contributed by atoms with E-state index in [9.17, 15) is 5.11 Å². The number of ether oxygens (including phenoxy) is 1. The molecule has 1 saturated heterocycles. The Kier molecular flexibility index (Phi) is 7.81. The lowest BCUT2D eigenvalue weighted by atomic mass is 9.65. The van der Waals surface area contributed by atoms with Gasteiger partial charge in [-0.15, -0.1) is 24.8 Å². The van der Waals surface area contributed by atoms with Gasteiger partial charge in [0, 0.05) is 12.6 Å². The SMILES string of the molecule is CC(CN1CCC2(C)CC1Cc1c(O)cccc12)OCc1ccccc1.Cl.Cl. The van der Waals surface area contributed by atoms with E-state index in [2.05, 4.69) is 49.1 Å². The third kappa shape index (κ3) is 4.65. The Balaban J connectivity index is 0.00000140. The number of nitrogens with zero attached hydrogens (tertiary/aromatic N) is 1. The van der Waals surface area contributed by atoms with Gasteiger partial charge in [0.25, 0.3) is 0 Å². The number of aromatic hydroxyl groups is 1. The molecule has 0 amide bonds. The van der Waals surface area contributed by atoms with Crippen molar-refractivity contribution >= 4 is 24.8 Å². The first-order chi connectivity index (χ1) is 12.5. The first kappa shape index (κ1) is 23.0. The van der Waals surface area contributed by atoms with Gasteiger partial charge < -0.3 is 9.84 Å². The summed E-state index contributed by atoms with van der Waals surface area (Å²) in [6.45, 7) is 7.27. The molecule has 1 aliphatic carbocycles. The van der Waals surface area contributed by atoms with E-state index in [1.165, 1.54) is 17.5 Å². The molecule has 0 spiro atoms. The topological polar surface area (TPSA) is 32.7 Å². The van der Waals surface area contributed by atoms with Crippen LogP contribution in [0.3, 0.4) is 0 Å². The highest BCUT2D eigenvalue weighted by molar-refractivity contribution is 5.85. The number of rotatable bonds is 5. The third-order valence-corrected chi connectivity index (χ3v) is 6.26. The molecule has 1 heterocycles. The summed E-state index contributed by atoms with van der Waals surface area (Å²) < 4.78 is 6.10. The molecule has 2 bridgehead atoms. The maximum Gasteiger partial charge on any atom is 0.119 e. The molecule has 1 fully saturated rings. The van der Waals surface area contributed by atoms with Crippen molar-refractivity contribution in [3.63, 3.8) is 0 Å². The van der Waals surface area contributed by atoms with Gasteiger partial charge in [0.2, 0.25) is 0 Å². The summed E-state index contributed by atoms with van der Waals surface area (Å²) in [5.74, 6) is 0.466. The highest BCUT2D eigenvalue weighted by Gasteiger charge is 2.43. The van der Waals surface area contributed by atoms with Crippen LogP contribution in [0.5, 0.6) is 5.75 Å². The average Bonchev–Trinajstić information content (AvgIpc) is 2.64. The summed E-state index contributed by atoms with van der Waals surface area (Å²) in [5.41, 5.74) is 3.94.